The van der Waals surface area contributed by atoms with Gasteiger partial charge in [-0.25, -0.2) is 0 Å². The summed E-state index contributed by atoms with van der Waals surface area (Å²) in [5, 5.41) is 0. The fraction of sp³-hybridized carbons (Fsp3) is 0.625. The molecule has 1 saturated heterocycles. The Labute approximate surface area is 117 Å². The van der Waals surface area contributed by atoms with Crippen molar-refractivity contribution in [3.8, 4) is 0 Å². The number of nitrogens with two attached hydrogens (primary N) is 1. The summed E-state index contributed by atoms with van der Waals surface area (Å²) in [7, 11) is 4.47. The van der Waals surface area contributed by atoms with Crippen molar-refractivity contribution in [3.05, 3.63) is 35.9 Å². The SMILES string of the molecule is CN1CCCC(N(C)CC(CN)c2ccccc2)C1. The summed E-state index contributed by atoms with van der Waals surface area (Å²) in [6.07, 6.45) is 2.62. The predicted molar refractivity (Wildman–Crippen MR) is 81.4 cm³/mol. The van der Waals surface area contributed by atoms with Crippen molar-refractivity contribution >= 4 is 0 Å². The van der Waals surface area contributed by atoms with Crippen LogP contribution in [0.1, 0.15) is 24.3 Å². The van der Waals surface area contributed by atoms with Gasteiger partial charge in [-0.1, -0.05) is 30.3 Å². The number of piperidine rings is 1. The quantitative estimate of drug-likeness (QED) is 0.876. The van der Waals surface area contributed by atoms with Gasteiger partial charge >= 0.3 is 0 Å². The van der Waals surface area contributed by atoms with Gasteiger partial charge in [0.2, 0.25) is 0 Å². The topological polar surface area (TPSA) is 32.5 Å². The maximum atomic E-state index is 5.97. The van der Waals surface area contributed by atoms with Gasteiger partial charge in [0.1, 0.15) is 0 Å². The van der Waals surface area contributed by atoms with Gasteiger partial charge in [0.05, 0.1) is 0 Å². The molecule has 0 radical (unpaired) electrons. The van der Waals surface area contributed by atoms with E-state index < -0.39 is 0 Å². The molecule has 1 aliphatic rings. The Kier molecular flexibility index (Phi) is 5.37. The van der Waals surface area contributed by atoms with Crippen molar-refractivity contribution in [2.45, 2.75) is 24.8 Å². The Hall–Kier alpha value is -0.900. The van der Waals surface area contributed by atoms with E-state index in [9.17, 15) is 0 Å². The molecule has 2 unspecified atom stereocenters. The summed E-state index contributed by atoms with van der Waals surface area (Å²) < 4.78 is 0. The molecule has 2 atom stereocenters. The molecule has 19 heavy (non-hydrogen) atoms. The van der Waals surface area contributed by atoms with Gasteiger partial charge in [0.15, 0.2) is 0 Å². The Morgan fingerprint density at radius 1 is 1.37 bits per heavy atom. The molecule has 1 fully saturated rings. The van der Waals surface area contributed by atoms with Crippen LogP contribution in [0.4, 0.5) is 0 Å². The second kappa shape index (κ2) is 7.04. The maximum absolute atomic E-state index is 5.97. The van der Waals surface area contributed by atoms with Crippen LogP contribution in [0.5, 0.6) is 0 Å². The van der Waals surface area contributed by atoms with Gasteiger partial charge in [-0.2, -0.15) is 0 Å². The van der Waals surface area contributed by atoms with E-state index in [1.54, 1.807) is 0 Å². The lowest BCUT2D eigenvalue weighted by Gasteiger charge is -2.37. The van der Waals surface area contributed by atoms with Crippen molar-refractivity contribution < 1.29 is 0 Å². The number of hydrogen-bond donors (Lipinski definition) is 1. The largest absolute Gasteiger partial charge is 0.330 e. The third-order valence-corrected chi connectivity index (χ3v) is 4.29. The summed E-state index contributed by atoms with van der Waals surface area (Å²) in [5.41, 5.74) is 7.33. The number of likely N-dealkylation sites (N-methyl/N-ethyl adjacent to an activating group) is 2. The van der Waals surface area contributed by atoms with Crippen molar-refractivity contribution in [2.24, 2.45) is 5.73 Å². The second-order valence-electron chi connectivity index (χ2n) is 5.84. The third-order valence-electron chi connectivity index (χ3n) is 4.29. The van der Waals surface area contributed by atoms with Crippen molar-refractivity contribution in [1.29, 1.82) is 0 Å². The molecule has 0 saturated carbocycles. The number of rotatable bonds is 5. The van der Waals surface area contributed by atoms with Crippen LogP contribution in [0.2, 0.25) is 0 Å². The van der Waals surface area contributed by atoms with Crippen molar-refractivity contribution in [1.82, 2.24) is 9.80 Å². The number of nitrogens with zero attached hydrogens (tertiary/aromatic N) is 2. The van der Waals surface area contributed by atoms with E-state index in [1.807, 2.05) is 0 Å². The maximum Gasteiger partial charge on any atom is 0.0220 e. The van der Waals surface area contributed by atoms with Crippen LogP contribution in [0.25, 0.3) is 0 Å². The third kappa shape index (κ3) is 4.03. The highest BCUT2D eigenvalue weighted by Gasteiger charge is 2.23. The molecule has 0 aliphatic carbocycles. The highest BCUT2D eigenvalue weighted by Crippen LogP contribution is 2.19. The molecule has 1 aromatic rings. The van der Waals surface area contributed by atoms with Crippen LogP contribution >= 0.6 is 0 Å². The summed E-state index contributed by atoms with van der Waals surface area (Å²) >= 11 is 0. The normalized spacial score (nSPS) is 22.6. The lowest BCUT2D eigenvalue weighted by atomic mass is 9.97. The highest BCUT2D eigenvalue weighted by molar-refractivity contribution is 5.20. The average molecular weight is 261 g/mol. The van der Waals surface area contributed by atoms with Crippen LogP contribution in [0.15, 0.2) is 30.3 Å². The van der Waals surface area contributed by atoms with Gasteiger partial charge in [0, 0.05) is 31.6 Å². The molecule has 3 nitrogen and oxygen atoms in total. The van der Waals surface area contributed by atoms with E-state index in [0.717, 1.165) is 13.1 Å². The van der Waals surface area contributed by atoms with Crippen LogP contribution in [0.3, 0.4) is 0 Å². The van der Waals surface area contributed by atoms with E-state index in [2.05, 4.69) is 54.2 Å². The zero-order valence-corrected chi connectivity index (χ0v) is 12.3. The van der Waals surface area contributed by atoms with Crippen molar-refractivity contribution in [2.75, 3.05) is 40.3 Å². The van der Waals surface area contributed by atoms with Crippen LogP contribution < -0.4 is 5.73 Å². The summed E-state index contributed by atoms with van der Waals surface area (Å²) in [5.74, 6) is 0.443. The molecule has 0 bridgehead atoms. The number of likely N-dealkylation sites (tertiary alicyclic amines) is 1. The first kappa shape index (κ1) is 14.5. The second-order valence-corrected chi connectivity index (χ2v) is 5.84. The smallest absolute Gasteiger partial charge is 0.0220 e. The molecule has 0 amide bonds. The van der Waals surface area contributed by atoms with Crippen LogP contribution in [-0.4, -0.2) is 56.1 Å². The molecule has 1 aliphatic heterocycles. The average Bonchev–Trinajstić information content (AvgIpc) is 2.45. The van der Waals surface area contributed by atoms with Gasteiger partial charge in [-0.15, -0.1) is 0 Å². The first-order chi connectivity index (χ1) is 9.20. The van der Waals surface area contributed by atoms with Gasteiger partial charge in [-0.3, -0.25) is 0 Å². The van der Waals surface area contributed by atoms with Gasteiger partial charge in [-0.05, 0) is 39.0 Å². The van der Waals surface area contributed by atoms with Gasteiger partial charge in [0.25, 0.3) is 0 Å². The van der Waals surface area contributed by atoms with E-state index >= 15 is 0 Å². The highest BCUT2D eigenvalue weighted by atomic mass is 15.2. The zero-order valence-electron chi connectivity index (χ0n) is 12.3. The molecule has 3 heteroatoms. The Balaban J connectivity index is 1.94. The van der Waals surface area contributed by atoms with Crippen LogP contribution in [-0.2, 0) is 0 Å². The molecule has 1 aromatic carbocycles. The van der Waals surface area contributed by atoms with Crippen LogP contribution in [0, 0.1) is 0 Å². The monoisotopic (exact) mass is 261 g/mol. The van der Waals surface area contributed by atoms with E-state index in [4.69, 9.17) is 5.73 Å². The predicted octanol–water partition coefficient (Wildman–Crippen LogP) is 1.75. The molecule has 2 rings (SSSR count). The van der Waals surface area contributed by atoms with Crippen molar-refractivity contribution in [3.63, 3.8) is 0 Å². The van der Waals surface area contributed by atoms with E-state index in [0.29, 0.717) is 12.0 Å². The standard InChI is InChI=1S/C16H27N3/c1-18-10-6-9-16(13-18)19(2)12-15(11-17)14-7-4-3-5-8-14/h3-5,7-8,15-16H,6,9-13,17H2,1-2H3. The fourth-order valence-corrected chi connectivity index (χ4v) is 3.04. The number of benzene rings is 1. The fourth-order valence-electron chi connectivity index (χ4n) is 3.04. The molecular formula is C16H27N3. The molecule has 0 spiro atoms. The minimum absolute atomic E-state index is 0.443. The van der Waals surface area contributed by atoms with E-state index in [-0.39, 0.29) is 0 Å². The Morgan fingerprint density at radius 2 is 2.11 bits per heavy atom. The zero-order chi connectivity index (χ0) is 13.7. The first-order valence-electron chi connectivity index (χ1n) is 7.34. The summed E-state index contributed by atoms with van der Waals surface area (Å²) in [6, 6.07) is 11.3. The van der Waals surface area contributed by atoms with Gasteiger partial charge < -0.3 is 15.5 Å². The number of hydrogen-bond acceptors (Lipinski definition) is 3. The Morgan fingerprint density at radius 3 is 2.74 bits per heavy atom. The minimum atomic E-state index is 0.443. The summed E-state index contributed by atoms with van der Waals surface area (Å²) in [4.78, 5) is 4.94. The lowest BCUT2D eigenvalue weighted by molar-refractivity contribution is 0.129. The summed E-state index contributed by atoms with van der Waals surface area (Å²) in [6.45, 7) is 4.20. The van der Waals surface area contributed by atoms with E-state index in [1.165, 1.54) is 31.5 Å². The molecule has 106 valence electrons. The molecular weight excluding hydrogens is 234 g/mol. The Bertz CT molecular complexity index is 366. The lowest BCUT2D eigenvalue weighted by Crippen LogP contribution is -2.46. The minimum Gasteiger partial charge on any atom is -0.330 e. The molecule has 2 N–H and O–H groups in total. The molecule has 0 aromatic heterocycles. The molecule has 1 heterocycles. The first-order valence-corrected chi connectivity index (χ1v) is 7.34.